The van der Waals surface area contributed by atoms with E-state index in [2.05, 4.69) is 10.2 Å². The van der Waals surface area contributed by atoms with Crippen molar-refractivity contribution < 1.29 is 13.9 Å². The second kappa shape index (κ2) is 6.50. The van der Waals surface area contributed by atoms with Crippen molar-refractivity contribution in [1.29, 1.82) is 0 Å². The maximum absolute atomic E-state index is 12.9. The Kier molecular flexibility index (Phi) is 4.17. The molecule has 2 aromatic carbocycles. The van der Waals surface area contributed by atoms with Gasteiger partial charge in [-0.15, -0.1) is 0 Å². The summed E-state index contributed by atoms with van der Waals surface area (Å²) in [4.78, 5) is 15.0. The summed E-state index contributed by atoms with van der Waals surface area (Å²) in [6, 6.07) is 17.4. The average molecular weight is 350 g/mol. The first-order valence-corrected chi connectivity index (χ1v) is 8.76. The van der Waals surface area contributed by atoms with Crippen LogP contribution in [0.25, 0.3) is 11.0 Å². The van der Waals surface area contributed by atoms with Gasteiger partial charge < -0.3 is 14.5 Å². The number of hydrogen-bond donors (Lipinski definition) is 1. The molecule has 1 aliphatic heterocycles. The van der Waals surface area contributed by atoms with Gasteiger partial charge in [-0.1, -0.05) is 24.3 Å². The van der Waals surface area contributed by atoms with Crippen molar-refractivity contribution in [3.63, 3.8) is 0 Å². The first-order valence-electron chi connectivity index (χ1n) is 8.76. The summed E-state index contributed by atoms with van der Waals surface area (Å²) >= 11 is 0. The van der Waals surface area contributed by atoms with Crippen LogP contribution in [0.3, 0.4) is 0 Å². The zero-order chi connectivity index (χ0) is 18.1. The summed E-state index contributed by atoms with van der Waals surface area (Å²) in [5.74, 6) is 1.60. The molecule has 1 aromatic heterocycles. The first kappa shape index (κ1) is 16.7. The summed E-state index contributed by atoms with van der Waals surface area (Å²) < 4.78 is 11.1. The molecule has 5 nitrogen and oxygen atoms in total. The highest BCUT2D eigenvalue weighted by atomic mass is 16.5. The molecule has 0 saturated carbocycles. The topological polar surface area (TPSA) is 54.7 Å². The predicted octanol–water partition coefficient (Wildman–Crippen LogP) is 4.04. The van der Waals surface area contributed by atoms with Crippen LogP contribution in [-0.4, -0.2) is 30.0 Å². The van der Waals surface area contributed by atoms with E-state index in [4.69, 9.17) is 9.15 Å². The molecule has 0 spiro atoms. The maximum atomic E-state index is 12.9. The van der Waals surface area contributed by atoms with E-state index < -0.39 is 5.54 Å². The summed E-state index contributed by atoms with van der Waals surface area (Å²) in [5, 5.41) is 4.10. The Morgan fingerprint density at radius 2 is 2.08 bits per heavy atom. The standard InChI is InChI=1S/C21H22N2O3/c1-21(20(24)22-16-7-5-8-17(13-16)25-2)10-11-23(21)14-18-12-15-6-3-4-9-19(15)26-18/h3-9,12-13H,10-11,14H2,1-2H3,(H,22,24). The molecule has 5 heteroatoms. The van der Waals surface area contributed by atoms with E-state index in [1.165, 1.54) is 0 Å². The minimum absolute atomic E-state index is 0.00638. The van der Waals surface area contributed by atoms with Gasteiger partial charge in [-0.25, -0.2) is 0 Å². The fourth-order valence-electron chi connectivity index (χ4n) is 3.39. The number of rotatable bonds is 5. The molecule has 1 aliphatic rings. The van der Waals surface area contributed by atoms with Crippen LogP contribution >= 0.6 is 0 Å². The zero-order valence-corrected chi connectivity index (χ0v) is 15.0. The molecule has 1 amide bonds. The minimum Gasteiger partial charge on any atom is -0.497 e. The number of hydrogen-bond acceptors (Lipinski definition) is 4. The molecule has 26 heavy (non-hydrogen) atoms. The van der Waals surface area contributed by atoms with Gasteiger partial charge in [-0.05, 0) is 37.6 Å². The van der Waals surface area contributed by atoms with Gasteiger partial charge in [0.2, 0.25) is 5.91 Å². The van der Waals surface area contributed by atoms with Crippen molar-refractivity contribution in [3.05, 3.63) is 60.4 Å². The molecule has 1 N–H and O–H groups in total. The summed E-state index contributed by atoms with van der Waals surface area (Å²) in [5.41, 5.74) is 1.08. The monoisotopic (exact) mass is 350 g/mol. The number of carbonyl (C=O) groups excluding carboxylic acids is 1. The van der Waals surface area contributed by atoms with Gasteiger partial charge in [0.05, 0.1) is 19.2 Å². The Hall–Kier alpha value is -2.79. The second-order valence-electron chi connectivity index (χ2n) is 6.88. The summed E-state index contributed by atoms with van der Waals surface area (Å²) in [7, 11) is 1.61. The molecule has 1 fully saturated rings. The highest BCUT2D eigenvalue weighted by molar-refractivity contribution is 5.98. The number of nitrogens with zero attached hydrogens (tertiary/aromatic N) is 1. The molecule has 1 saturated heterocycles. The summed E-state index contributed by atoms with van der Waals surface area (Å²) in [6.45, 7) is 3.48. The third kappa shape index (κ3) is 2.95. The number of likely N-dealkylation sites (tertiary alicyclic amines) is 1. The molecular formula is C21H22N2O3. The quantitative estimate of drug-likeness (QED) is 0.754. The van der Waals surface area contributed by atoms with Crippen molar-refractivity contribution in [3.8, 4) is 5.75 Å². The van der Waals surface area contributed by atoms with Crippen molar-refractivity contribution in [1.82, 2.24) is 4.90 Å². The van der Waals surface area contributed by atoms with Gasteiger partial charge >= 0.3 is 0 Å². The van der Waals surface area contributed by atoms with E-state index in [9.17, 15) is 4.79 Å². The fourth-order valence-corrected chi connectivity index (χ4v) is 3.39. The van der Waals surface area contributed by atoms with Crippen molar-refractivity contribution in [2.24, 2.45) is 0 Å². The number of amides is 1. The second-order valence-corrected chi connectivity index (χ2v) is 6.88. The molecule has 0 aliphatic carbocycles. The van der Waals surface area contributed by atoms with Crippen molar-refractivity contribution in [2.75, 3.05) is 19.0 Å². The largest absolute Gasteiger partial charge is 0.497 e. The number of ether oxygens (including phenoxy) is 1. The third-order valence-electron chi connectivity index (χ3n) is 5.21. The highest BCUT2D eigenvalue weighted by Crippen LogP contribution is 2.34. The van der Waals surface area contributed by atoms with Crippen molar-refractivity contribution in [2.45, 2.75) is 25.4 Å². The molecule has 2 heterocycles. The molecule has 0 radical (unpaired) electrons. The van der Waals surface area contributed by atoms with E-state index in [1.54, 1.807) is 7.11 Å². The Bertz CT molecular complexity index is 916. The number of anilines is 1. The number of para-hydroxylation sites is 1. The SMILES string of the molecule is COc1cccc(NC(=O)C2(C)CCN2Cc2cc3ccccc3o2)c1. The Morgan fingerprint density at radius 3 is 2.81 bits per heavy atom. The summed E-state index contributed by atoms with van der Waals surface area (Å²) in [6.07, 6.45) is 0.822. The molecular weight excluding hydrogens is 328 g/mol. The highest BCUT2D eigenvalue weighted by Gasteiger charge is 2.47. The van der Waals surface area contributed by atoms with Crippen LogP contribution < -0.4 is 10.1 Å². The average Bonchev–Trinajstić information content (AvgIpc) is 3.07. The lowest BCUT2D eigenvalue weighted by Crippen LogP contribution is -2.63. The van der Waals surface area contributed by atoms with E-state index in [1.807, 2.05) is 61.5 Å². The normalized spacial score (nSPS) is 19.9. The first-order chi connectivity index (χ1) is 12.6. The number of fused-ring (bicyclic) bond motifs is 1. The number of carbonyl (C=O) groups is 1. The van der Waals surface area contributed by atoms with Gasteiger partial charge in [0.15, 0.2) is 0 Å². The van der Waals surface area contributed by atoms with Crippen LogP contribution in [0.2, 0.25) is 0 Å². The van der Waals surface area contributed by atoms with E-state index >= 15 is 0 Å². The predicted molar refractivity (Wildman–Crippen MR) is 101 cm³/mol. The Balaban J connectivity index is 1.47. The minimum atomic E-state index is -0.540. The molecule has 1 unspecified atom stereocenters. The van der Waals surface area contributed by atoms with Gasteiger partial charge in [0.1, 0.15) is 17.1 Å². The van der Waals surface area contributed by atoms with Crippen LogP contribution in [0.15, 0.2) is 59.0 Å². The molecule has 3 aromatic rings. The lowest BCUT2D eigenvalue weighted by Gasteiger charge is -2.48. The van der Waals surface area contributed by atoms with Crippen LogP contribution in [0, 0.1) is 0 Å². The number of nitrogens with one attached hydrogen (secondary N) is 1. The van der Waals surface area contributed by atoms with Gasteiger partial charge in [-0.3, -0.25) is 9.69 Å². The maximum Gasteiger partial charge on any atom is 0.244 e. The van der Waals surface area contributed by atoms with E-state index in [0.29, 0.717) is 6.54 Å². The Labute approximate surface area is 152 Å². The number of benzene rings is 2. The zero-order valence-electron chi connectivity index (χ0n) is 15.0. The number of furan rings is 1. The van der Waals surface area contributed by atoms with Crippen LogP contribution in [0.4, 0.5) is 5.69 Å². The molecule has 0 bridgehead atoms. The smallest absolute Gasteiger partial charge is 0.244 e. The Morgan fingerprint density at radius 1 is 1.23 bits per heavy atom. The van der Waals surface area contributed by atoms with E-state index in [-0.39, 0.29) is 5.91 Å². The van der Waals surface area contributed by atoms with E-state index in [0.717, 1.165) is 41.1 Å². The third-order valence-corrected chi connectivity index (χ3v) is 5.21. The number of methoxy groups -OCH3 is 1. The van der Waals surface area contributed by atoms with Crippen molar-refractivity contribution >= 4 is 22.6 Å². The van der Waals surface area contributed by atoms with Crippen LogP contribution in [0.5, 0.6) is 5.75 Å². The van der Waals surface area contributed by atoms with Gasteiger partial charge in [0, 0.05) is 23.7 Å². The fraction of sp³-hybridized carbons (Fsp3) is 0.286. The lowest BCUT2D eigenvalue weighted by molar-refractivity contribution is -0.136. The van der Waals surface area contributed by atoms with Gasteiger partial charge in [-0.2, -0.15) is 0 Å². The molecule has 134 valence electrons. The lowest BCUT2D eigenvalue weighted by atomic mass is 9.85. The van der Waals surface area contributed by atoms with Gasteiger partial charge in [0.25, 0.3) is 0 Å². The van der Waals surface area contributed by atoms with Crippen LogP contribution in [0.1, 0.15) is 19.1 Å². The molecule has 1 atom stereocenters. The van der Waals surface area contributed by atoms with Crippen LogP contribution in [-0.2, 0) is 11.3 Å². The molecule has 4 rings (SSSR count).